The van der Waals surface area contributed by atoms with Crippen LogP contribution in [0.2, 0.25) is 0 Å². The Bertz CT molecular complexity index is 701. The Morgan fingerprint density at radius 3 is 2.75 bits per heavy atom. The maximum absolute atomic E-state index is 10.9. The van der Waals surface area contributed by atoms with Crippen molar-refractivity contribution in [1.82, 2.24) is 0 Å². The van der Waals surface area contributed by atoms with E-state index in [-0.39, 0.29) is 11.3 Å². The first-order valence-corrected chi connectivity index (χ1v) is 7.40. The summed E-state index contributed by atoms with van der Waals surface area (Å²) in [6.07, 6.45) is 1.50. The first-order chi connectivity index (χ1) is 9.47. The molecule has 0 saturated heterocycles. The highest BCUT2D eigenvalue weighted by molar-refractivity contribution is 14.1. The van der Waals surface area contributed by atoms with Gasteiger partial charge in [-0.05, 0) is 52.9 Å². The molecule has 0 radical (unpaired) electrons. The number of carbonyl (C=O) groups is 1. The van der Waals surface area contributed by atoms with Gasteiger partial charge >= 0.3 is 5.97 Å². The molecule has 0 bridgehead atoms. The van der Waals surface area contributed by atoms with Crippen LogP contribution >= 0.6 is 38.5 Å². The van der Waals surface area contributed by atoms with E-state index < -0.39 is 5.97 Å². The van der Waals surface area contributed by atoms with E-state index in [9.17, 15) is 9.90 Å². The number of hydrogen-bond acceptors (Lipinski definition) is 3. The van der Waals surface area contributed by atoms with Crippen LogP contribution in [-0.4, -0.2) is 22.4 Å². The monoisotopic (exact) mass is 445 g/mol. The molecule has 2 aromatic carbocycles. The number of phenols is 1. The molecule has 2 rings (SSSR count). The van der Waals surface area contributed by atoms with Crippen molar-refractivity contribution in [2.75, 3.05) is 0 Å². The zero-order valence-corrected chi connectivity index (χ0v) is 13.8. The van der Waals surface area contributed by atoms with Crippen LogP contribution in [0.25, 0.3) is 0 Å². The zero-order valence-electron chi connectivity index (χ0n) is 10.0. The number of benzene rings is 2. The average molecular weight is 446 g/mol. The molecule has 2 N–H and O–H groups in total. The molecule has 0 amide bonds. The highest BCUT2D eigenvalue weighted by atomic mass is 127. The van der Waals surface area contributed by atoms with Gasteiger partial charge in [0.15, 0.2) is 0 Å². The summed E-state index contributed by atoms with van der Waals surface area (Å²) >= 11 is 5.37. The van der Waals surface area contributed by atoms with Crippen LogP contribution in [-0.2, 0) is 0 Å². The van der Waals surface area contributed by atoms with Crippen molar-refractivity contribution in [3.8, 4) is 5.75 Å². The zero-order chi connectivity index (χ0) is 14.7. The van der Waals surface area contributed by atoms with Crippen LogP contribution < -0.4 is 0 Å². The van der Waals surface area contributed by atoms with Crippen molar-refractivity contribution in [2.24, 2.45) is 4.99 Å². The molecule has 102 valence electrons. The summed E-state index contributed by atoms with van der Waals surface area (Å²) in [7, 11) is 0. The lowest BCUT2D eigenvalue weighted by Gasteiger charge is -2.03. The molecular weight excluding hydrogens is 437 g/mol. The minimum absolute atomic E-state index is 0.145. The summed E-state index contributed by atoms with van der Waals surface area (Å²) in [5, 5.41) is 18.8. The number of hydrogen-bond donors (Lipinski definition) is 2. The van der Waals surface area contributed by atoms with E-state index in [4.69, 9.17) is 5.11 Å². The van der Waals surface area contributed by atoms with Crippen molar-refractivity contribution in [3.63, 3.8) is 0 Å². The van der Waals surface area contributed by atoms with E-state index in [0.29, 0.717) is 14.8 Å². The molecule has 0 aromatic heterocycles. The summed E-state index contributed by atoms with van der Waals surface area (Å²) in [6, 6.07) is 9.82. The van der Waals surface area contributed by atoms with Gasteiger partial charge in [0.25, 0.3) is 0 Å². The van der Waals surface area contributed by atoms with Gasteiger partial charge < -0.3 is 10.2 Å². The van der Waals surface area contributed by atoms with E-state index in [1.165, 1.54) is 18.3 Å². The van der Waals surface area contributed by atoms with Crippen LogP contribution in [0.3, 0.4) is 0 Å². The van der Waals surface area contributed by atoms with Gasteiger partial charge in [-0.2, -0.15) is 0 Å². The molecule has 0 spiro atoms. The smallest absolute Gasteiger partial charge is 0.335 e. The topological polar surface area (TPSA) is 69.9 Å². The fourth-order valence-corrected chi connectivity index (χ4v) is 3.10. The number of aromatic carboxylic acids is 1. The normalized spacial score (nSPS) is 10.9. The van der Waals surface area contributed by atoms with Crippen molar-refractivity contribution in [1.29, 1.82) is 0 Å². The van der Waals surface area contributed by atoms with E-state index in [1.54, 1.807) is 24.3 Å². The van der Waals surface area contributed by atoms with Gasteiger partial charge in [0.2, 0.25) is 0 Å². The van der Waals surface area contributed by atoms with Crippen molar-refractivity contribution < 1.29 is 15.0 Å². The molecule has 2 aromatic rings. The van der Waals surface area contributed by atoms with E-state index in [2.05, 4.69) is 20.9 Å². The molecule has 0 aliphatic rings. The summed E-state index contributed by atoms with van der Waals surface area (Å²) in [4.78, 5) is 15.1. The average Bonchev–Trinajstić information content (AvgIpc) is 2.41. The lowest BCUT2D eigenvalue weighted by Crippen LogP contribution is -1.94. The van der Waals surface area contributed by atoms with Gasteiger partial charge in [0.05, 0.1) is 14.8 Å². The van der Waals surface area contributed by atoms with Crippen LogP contribution in [0.15, 0.2) is 45.9 Å². The summed E-state index contributed by atoms with van der Waals surface area (Å²) < 4.78 is 1.54. The van der Waals surface area contributed by atoms with Gasteiger partial charge in [0, 0.05) is 16.3 Å². The first kappa shape index (κ1) is 15.0. The number of rotatable bonds is 3. The van der Waals surface area contributed by atoms with Gasteiger partial charge in [-0.1, -0.05) is 22.0 Å². The van der Waals surface area contributed by atoms with E-state index >= 15 is 0 Å². The van der Waals surface area contributed by atoms with E-state index in [1.807, 2.05) is 22.6 Å². The predicted octanol–water partition coefficient (Wildman–Crippen LogP) is 4.21. The second-order valence-electron chi connectivity index (χ2n) is 3.94. The third-order valence-corrected chi connectivity index (χ3v) is 3.78. The third-order valence-electron chi connectivity index (χ3n) is 2.50. The van der Waals surface area contributed by atoms with Crippen LogP contribution in [0.4, 0.5) is 5.69 Å². The second kappa shape index (κ2) is 6.36. The molecule has 4 nitrogen and oxygen atoms in total. The Hall–Kier alpha value is -1.41. The van der Waals surface area contributed by atoms with Crippen LogP contribution in [0, 0.1) is 3.57 Å². The summed E-state index contributed by atoms with van der Waals surface area (Å²) in [5.41, 5.74) is 1.25. The Morgan fingerprint density at radius 2 is 2.05 bits per heavy atom. The fraction of sp³-hybridized carbons (Fsp3) is 0. The molecule has 0 fully saturated rings. The molecule has 0 aliphatic heterocycles. The van der Waals surface area contributed by atoms with Crippen molar-refractivity contribution >= 4 is 56.4 Å². The Morgan fingerprint density at radius 1 is 1.30 bits per heavy atom. The minimum atomic E-state index is -0.998. The number of aliphatic imine (C=N–C) groups is 1. The highest BCUT2D eigenvalue weighted by Crippen LogP contribution is 2.28. The lowest BCUT2D eigenvalue weighted by atomic mass is 10.2. The van der Waals surface area contributed by atoms with Crippen molar-refractivity contribution in [3.05, 3.63) is 55.6 Å². The van der Waals surface area contributed by atoms with Crippen LogP contribution in [0.5, 0.6) is 5.75 Å². The van der Waals surface area contributed by atoms with Gasteiger partial charge in [-0.25, -0.2) is 4.79 Å². The molecule has 20 heavy (non-hydrogen) atoms. The Balaban J connectivity index is 2.34. The van der Waals surface area contributed by atoms with Crippen molar-refractivity contribution in [2.45, 2.75) is 0 Å². The second-order valence-corrected chi connectivity index (χ2v) is 6.02. The maximum atomic E-state index is 10.9. The largest absolute Gasteiger partial charge is 0.506 e. The predicted molar refractivity (Wildman–Crippen MR) is 89.2 cm³/mol. The van der Waals surface area contributed by atoms with Gasteiger partial charge in [-0.3, -0.25) is 4.99 Å². The number of aromatic hydroxyl groups is 1. The highest BCUT2D eigenvalue weighted by Gasteiger charge is 2.06. The molecule has 0 unspecified atom stereocenters. The van der Waals surface area contributed by atoms with Gasteiger partial charge in [0.1, 0.15) is 5.75 Å². The molecule has 0 saturated carbocycles. The number of nitrogens with zero attached hydrogens (tertiary/aromatic N) is 1. The molecule has 0 aliphatic carbocycles. The van der Waals surface area contributed by atoms with Crippen LogP contribution in [0.1, 0.15) is 15.9 Å². The number of carboxylic acids is 1. The quantitative estimate of drug-likeness (QED) is 0.549. The Labute approximate surface area is 137 Å². The maximum Gasteiger partial charge on any atom is 0.335 e. The van der Waals surface area contributed by atoms with Gasteiger partial charge in [-0.15, -0.1) is 0 Å². The lowest BCUT2D eigenvalue weighted by molar-refractivity contribution is 0.0697. The molecule has 0 atom stereocenters. The molecule has 6 heteroatoms. The summed E-state index contributed by atoms with van der Waals surface area (Å²) in [5.74, 6) is -0.853. The number of carboxylic acid groups (broad SMARTS) is 1. The molecule has 0 heterocycles. The fourth-order valence-electron chi connectivity index (χ4n) is 1.55. The minimum Gasteiger partial charge on any atom is -0.506 e. The SMILES string of the molecule is O=C(O)c1cccc(N=Cc2cc(Br)cc(I)c2O)c1. The summed E-state index contributed by atoms with van der Waals surface area (Å²) in [6.45, 7) is 0. The number of phenolic OH excluding ortho intramolecular Hbond substituents is 1. The number of halogens is 2. The standard InChI is InChI=1S/C14H9BrINO3/c15-10-4-9(13(18)12(16)6-10)7-17-11-3-1-2-8(5-11)14(19)20/h1-7,18H,(H,19,20). The third kappa shape index (κ3) is 3.57. The molecular formula is C14H9BrINO3. The Kier molecular flexibility index (Phi) is 4.77. The first-order valence-electron chi connectivity index (χ1n) is 5.53. The van der Waals surface area contributed by atoms with E-state index in [0.717, 1.165) is 4.47 Å².